The Hall–Kier alpha value is -0.920. The van der Waals surface area contributed by atoms with E-state index < -0.39 is 12.0 Å². The van der Waals surface area contributed by atoms with Crippen LogP contribution in [-0.2, 0) is 12.6 Å². The molecule has 0 aliphatic heterocycles. The number of ketones is 1. The first-order chi connectivity index (χ1) is 9.08. The topological polar surface area (TPSA) is 30.0 Å². The van der Waals surface area contributed by atoms with E-state index >= 15 is 0 Å². The molecule has 0 radical (unpaired) electrons. The summed E-state index contributed by atoms with van der Waals surface area (Å²) in [5.74, 6) is 0.204. The van der Waals surface area contributed by atoms with Crippen LogP contribution >= 0.6 is 23.6 Å². The van der Waals surface area contributed by atoms with Gasteiger partial charge in [-0.1, -0.05) is 46.3 Å². The fraction of sp³-hybridized carbons (Fsp3) is 0.333. The van der Waals surface area contributed by atoms with Gasteiger partial charge >= 0.3 is 0 Å². The van der Waals surface area contributed by atoms with E-state index in [9.17, 15) is 4.79 Å². The smallest absolute Gasteiger partial charge is 0.181 e. The molecule has 1 aromatic heterocycles. The Morgan fingerprint density at radius 1 is 1.37 bits per heavy atom. The van der Waals surface area contributed by atoms with Crippen LogP contribution in [0.5, 0.6) is 0 Å². The number of benzene rings is 1. The first-order valence-corrected chi connectivity index (χ1v) is 8.67. The summed E-state index contributed by atoms with van der Waals surface area (Å²) in [5, 5.41) is 1.29. The summed E-state index contributed by atoms with van der Waals surface area (Å²) in [6.45, 7) is 1.96. The molecule has 0 spiro atoms. The highest BCUT2D eigenvalue weighted by Gasteiger charge is 2.37. The molecule has 2 nitrogen and oxygen atoms in total. The lowest BCUT2D eigenvalue weighted by Crippen LogP contribution is -2.32. The minimum absolute atomic E-state index is 0.204. The van der Waals surface area contributed by atoms with Crippen molar-refractivity contribution in [3.63, 3.8) is 0 Å². The number of nitrogens with zero attached hydrogens (tertiary/aromatic N) is 1. The first-order valence-electron chi connectivity index (χ1n) is 6.40. The van der Waals surface area contributed by atoms with Crippen LogP contribution in [0.2, 0.25) is 0 Å². The zero-order valence-electron chi connectivity index (χ0n) is 10.8. The summed E-state index contributed by atoms with van der Waals surface area (Å²) in [6.07, 6.45) is 4.63. The minimum Gasteiger partial charge on any atom is -0.293 e. The zero-order valence-corrected chi connectivity index (χ0v) is 13.2. The molecule has 98 valence electrons. The summed E-state index contributed by atoms with van der Waals surface area (Å²) >= 11 is 3.54. The molecule has 0 fully saturated rings. The van der Waals surface area contributed by atoms with Crippen LogP contribution in [-0.4, -0.2) is 14.9 Å². The lowest BCUT2D eigenvalue weighted by atomic mass is 9.89. The number of fused-ring (bicyclic) bond motifs is 1. The van der Waals surface area contributed by atoms with Crippen LogP contribution < -0.4 is 0 Å². The summed E-state index contributed by atoms with van der Waals surface area (Å²) in [4.78, 5) is 12.3. The van der Waals surface area contributed by atoms with E-state index in [1.165, 1.54) is 10.9 Å². The normalized spacial score (nSPS) is 23.3. The molecule has 0 amide bonds. The van der Waals surface area contributed by atoms with Crippen molar-refractivity contribution >= 4 is 29.4 Å². The molecular weight excluding hydrogens is 321 g/mol. The van der Waals surface area contributed by atoms with E-state index in [-0.39, 0.29) is 5.78 Å². The van der Waals surface area contributed by atoms with Gasteiger partial charge in [0.15, 0.2) is 5.78 Å². The van der Waals surface area contributed by atoms with E-state index in [0.717, 1.165) is 24.6 Å². The van der Waals surface area contributed by atoms with Crippen molar-refractivity contribution in [1.29, 1.82) is 0 Å². The Kier molecular flexibility index (Phi) is 3.36. The third kappa shape index (κ3) is 2.42. The van der Waals surface area contributed by atoms with Crippen molar-refractivity contribution in [2.45, 2.75) is 30.3 Å². The van der Waals surface area contributed by atoms with Gasteiger partial charge in [0.05, 0.1) is 4.32 Å². The van der Waals surface area contributed by atoms with Crippen molar-refractivity contribution < 1.29 is 4.79 Å². The molecule has 3 rings (SSSR count). The molecule has 1 heterocycles. The van der Waals surface area contributed by atoms with Gasteiger partial charge in [0, 0.05) is 23.2 Å². The number of hydrogen-bond donors (Lipinski definition) is 0. The van der Waals surface area contributed by atoms with Crippen molar-refractivity contribution in [3.8, 4) is 0 Å². The van der Waals surface area contributed by atoms with E-state index in [0.29, 0.717) is 0 Å². The van der Waals surface area contributed by atoms with Gasteiger partial charge in [0.1, 0.15) is 0 Å². The van der Waals surface area contributed by atoms with Crippen LogP contribution in [0.15, 0.2) is 36.5 Å². The fourth-order valence-corrected chi connectivity index (χ4v) is 4.95. The van der Waals surface area contributed by atoms with Crippen LogP contribution in [0.25, 0.3) is 0 Å². The first kappa shape index (κ1) is 13.1. The molecule has 2 unspecified atom stereocenters. The Balaban J connectivity index is 1.93. The van der Waals surface area contributed by atoms with E-state index in [1.54, 1.807) is 0 Å². The second kappa shape index (κ2) is 4.88. The van der Waals surface area contributed by atoms with Gasteiger partial charge in [-0.05, 0) is 33.0 Å². The standard InChI is InChI=1S/C15H15BrNOP/c1-15(16)8-7-13-12(14(15)18)9-17-19(13)10-11-5-3-2-4-6-11/h2-6,9H,7-8,10H2,1H3. The molecule has 0 bridgehead atoms. The number of carbonyl (C=O) groups is 1. The van der Waals surface area contributed by atoms with Crippen molar-refractivity contribution in [2.75, 3.05) is 0 Å². The number of aromatic nitrogens is 1. The molecular formula is C15H15BrNOP. The van der Waals surface area contributed by atoms with Crippen molar-refractivity contribution in [1.82, 2.24) is 4.75 Å². The molecule has 4 heteroatoms. The maximum Gasteiger partial charge on any atom is 0.181 e. The summed E-state index contributed by atoms with van der Waals surface area (Å²) < 4.78 is 4.22. The van der Waals surface area contributed by atoms with Gasteiger partial charge in [-0.25, -0.2) is 4.75 Å². The molecule has 19 heavy (non-hydrogen) atoms. The van der Waals surface area contributed by atoms with E-state index in [4.69, 9.17) is 0 Å². The zero-order chi connectivity index (χ0) is 13.5. The Bertz CT molecular complexity index is 618. The molecule has 1 aromatic carbocycles. The van der Waals surface area contributed by atoms with Gasteiger partial charge in [-0.15, -0.1) is 0 Å². The van der Waals surface area contributed by atoms with Gasteiger partial charge in [0.25, 0.3) is 0 Å². The Morgan fingerprint density at radius 2 is 2.11 bits per heavy atom. The van der Waals surface area contributed by atoms with Gasteiger partial charge in [-0.3, -0.25) is 4.79 Å². The lowest BCUT2D eigenvalue weighted by Gasteiger charge is -2.26. The molecule has 0 saturated carbocycles. The number of carbonyl (C=O) groups excluding carboxylic acids is 1. The predicted octanol–water partition coefficient (Wildman–Crippen LogP) is 4.40. The molecule has 2 atom stereocenters. The van der Waals surface area contributed by atoms with Crippen LogP contribution in [0.3, 0.4) is 0 Å². The number of rotatable bonds is 2. The quantitative estimate of drug-likeness (QED) is 0.761. The summed E-state index contributed by atoms with van der Waals surface area (Å²) in [5.41, 5.74) is 2.17. The molecule has 0 saturated heterocycles. The van der Waals surface area contributed by atoms with E-state index in [2.05, 4.69) is 44.9 Å². The number of Topliss-reactive ketones (excluding diaryl/α,β-unsaturated/α-hetero) is 1. The molecule has 0 N–H and O–H groups in total. The molecule has 1 aliphatic rings. The van der Waals surface area contributed by atoms with Crippen molar-refractivity contribution in [2.24, 2.45) is 0 Å². The summed E-state index contributed by atoms with van der Waals surface area (Å²) in [6, 6.07) is 10.4. The molecule has 2 aromatic rings. The minimum atomic E-state index is -0.539. The van der Waals surface area contributed by atoms with Crippen molar-refractivity contribution in [3.05, 3.63) is 53.0 Å². The van der Waals surface area contributed by atoms with E-state index in [1.807, 2.05) is 19.2 Å². The van der Waals surface area contributed by atoms with Gasteiger partial charge in [0.2, 0.25) is 0 Å². The fourth-order valence-electron chi connectivity index (χ4n) is 2.50. The van der Waals surface area contributed by atoms with Crippen LogP contribution in [0, 0.1) is 0 Å². The third-order valence-electron chi connectivity index (χ3n) is 3.67. The lowest BCUT2D eigenvalue weighted by molar-refractivity contribution is 0.0941. The Morgan fingerprint density at radius 3 is 2.84 bits per heavy atom. The van der Waals surface area contributed by atoms with Gasteiger partial charge in [-0.2, -0.15) is 0 Å². The monoisotopic (exact) mass is 335 g/mol. The second-order valence-electron chi connectivity index (χ2n) is 5.17. The third-order valence-corrected chi connectivity index (χ3v) is 6.58. The largest absolute Gasteiger partial charge is 0.293 e. The average Bonchev–Trinajstić information content (AvgIpc) is 2.79. The molecule has 1 aliphatic carbocycles. The highest BCUT2D eigenvalue weighted by atomic mass is 79.9. The maximum absolute atomic E-state index is 12.3. The van der Waals surface area contributed by atoms with Gasteiger partial charge < -0.3 is 0 Å². The Labute approximate surface area is 122 Å². The predicted molar refractivity (Wildman–Crippen MR) is 82.5 cm³/mol. The summed E-state index contributed by atoms with van der Waals surface area (Å²) in [7, 11) is -0.539. The maximum atomic E-state index is 12.3. The average molecular weight is 336 g/mol. The highest BCUT2D eigenvalue weighted by Crippen LogP contribution is 2.44. The highest BCUT2D eigenvalue weighted by molar-refractivity contribution is 9.10. The number of hydrogen-bond acceptors (Lipinski definition) is 2. The van der Waals surface area contributed by atoms with Crippen LogP contribution in [0.1, 0.15) is 34.6 Å². The second-order valence-corrected chi connectivity index (χ2v) is 8.81. The van der Waals surface area contributed by atoms with Crippen LogP contribution in [0.4, 0.5) is 0 Å². The number of halogens is 1. The number of alkyl halides is 1. The SMILES string of the molecule is CC1(Br)CCc2c(cnp2Cc2ccccc2)C1=O.